The largest absolute Gasteiger partial charge is 0.337 e. The fourth-order valence-electron chi connectivity index (χ4n) is 2.02. The first kappa shape index (κ1) is 11.1. The molecule has 1 aromatic heterocycles. The highest BCUT2D eigenvalue weighted by atomic mass is 16.2. The molecule has 16 heavy (non-hydrogen) atoms. The molecule has 1 aromatic rings. The number of likely N-dealkylation sites (N-methyl/N-ethyl adjacent to an activating group) is 1. The Hall–Kier alpha value is -1.42. The van der Waals surface area contributed by atoms with Gasteiger partial charge in [0, 0.05) is 37.1 Å². The molecule has 4 nitrogen and oxygen atoms in total. The van der Waals surface area contributed by atoms with Crippen molar-refractivity contribution in [2.24, 2.45) is 0 Å². The molecule has 4 heteroatoms. The summed E-state index contributed by atoms with van der Waals surface area (Å²) in [7, 11) is 4.12. The quantitative estimate of drug-likeness (QED) is 0.740. The Morgan fingerprint density at radius 3 is 2.69 bits per heavy atom. The summed E-state index contributed by atoms with van der Waals surface area (Å²) in [4.78, 5) is 20.1. The van der Waals surface area contributed by atoms with Crippen molar-refractivity contribution in [3.63, 3.8) is 0 Å². The van der Waals surface area contributed by atoms with Gasteiger partial charge in [-0.05, 0) is 32.6 Å². The lowest BCUT2D eigenvalue weighted by atomic mass is 10.2. The minimum atomic E-state index is 0.117. The highest BCUT2D eigenvalue weighted by Gasteiger charge is 2.27. The molecule has 1 aliphatic rings. The van der Waals surface area contributed by atoms with Crippen LogP contribution in [0.4, 0.5) is 0 Å². The summed E-state index contributed by atoms with van der Waals surface area (Å²) in [5.41, 5.74) is 0.731. The van der Waals surface area contributed by atoms with Gasteiger partial charge in [0.05, 0.1) is 0 Å². The highest BCUT2D eigenvalue weighted by Crippen LogP contribution is 2.15. The number of hydrogen-bond acceptors (Lipinski definition) is 3. The number of rotatable bonds is 2. The predicted octanol–water partition coefficient (Wildman–Crippen LogP) is 0.858. The summed E-state index contributed by atoms with van der Waals surface area (Å²) in [6, 6.07) is 4.03. The van der Waals surface area contributed by atoms with Crippen molar-refractivity contribution in [2.45, 2.75) is 12.5 Å². The third kappa shape index (κ3) is 2.22. The molecule has 0 N–H and O–H groups in total. The standard InChI is InChI=1S/C12H17N3O/c1-14(2)11-5-8-15(9-11)12(16)10-3-6-13-7-4-10/h3-4,6-7,11H,5,8-9H2,1-2H3. The van der Waals surface area contributed by atoms with Gasteiger partial charge in [0.2, 0.25) is 0 Å². The lowest BCUT2D eigenvalue weighted by Crippen LogP contribution is -2.34. The first-order valence-corrected chi connectivity index (χ1v) is 5.54. The van der Waals surface area contributed by atoms with Gasteiger partial charge in [-0.15, -0.1) is 0 Å². The molecule has 1 atom stereocenters. The van der Waals surface area contributed by atoms with Crippen LogP contribution in [0.5, 0.6) is 0 Å². The summed E-state index contributed by atoms with van der Waals surface area (Å²) in [6.07, 6.45) is 4.38. The monoisotopic (exact) mass is 219 g/mol. The van der Waals surface area contributed by atoms with Gasteiger partial charge in [0.1, 0.15) is 0 Å². The molecule has 0 bridgehead atoms. The van der Waals surface area contributed by atoms with Crippen LogP contribution in [0.15, 0.2) is 24.5 Å². The molecule has 1 fully saturated rings. The second-order valence-corrected chi connectivity index (χ2v) is 4.39. The lowest BCUT2D eigenvalue weighted by molar-refractivity contribution is 0.0783. The Bertz CT molecular complexity index is 364. The summed E-state index contributed by atoms with van der Waals surface area (Å²) < 4.78 is 0. The van der Waals surface area contributed by atoms with Gasteiger partial charge in [0.15, 0.2) is 0 Å². The van der Waals surface area contributed by atoms with Crippen molar-refractivity contribution >= 4 is 5.91 Å². The number of pyridine rings is 1. The molecule has 86 valence electrons. The third-order valence-corrected chi connectivity index (χ3v) is 3.11. The molecule has 0 saturated carbocycles. The Balaban J connectivity index is 2.03. The zero-order valence-corrected chi connectivity index (χ0v) is 9.76. The molecular weight excluding hydrogens is 202 g/mol. The van der Waals surface area contributed by atoms with E-state index in [2.05, 4.69) is 24.0 Å². The van der Waals surface area contributed by atoms with Crippen LogP contribution in [0.1, 0.15) is 16.8 Å². The molecule has 1 aliphatic heterocycles. The SMILES string of the molecule is CN(C)C1CCN(C(=O)c2ccncc2)C1. The minimum Gasteiger partial charge on any atom is -0.337 e. The van der Waals surface area contributed by atoms with Crippen LogP contribution in [0.2, 0.25) is 0 Å². The zero-order valence-electron chi connectivity index (χ0n) is 9.76. The van der Waals surface area contributed by atoms with Gasteiger partial charge in [0.25, 0.3) is 5.91 Å². The predicted molar refractivity (Wildman–Crippen MR) is 62.2 cm³/mol. The number of carbonyl (C=O) groups excluding carboxylic acids is 1. The topological polar surface area (TPSA) is 36.4 Å². The maximum Gasteiger partial charge on any atom is 0.254 e. The van der Waals surface area contributed by atoms with Crippen LogP contribution in [0.25, 0.3) is 0 Å². The summed E-state index contributed by atoms with van der Waals surface area (Å²) >= 11 is 0. The summed E-state index contributed by atoms with van der Waals surface area (Å²) in [5, 5.41) is 0. The molecule has 2 heterocycles. The Morgan fingerprint density at radius 1 is 1.44 bits per heavy atom. The lowest BCUT2D eigenvalue weighted by Gasteiger charge is -2.20. The van der Waals surface area contributed by atoms with Gasteiger partial charge in [-0.25, -0.2) is 0 Å². The van der Waals surface area contributed by atoms with Crippen LogP contribution in [-0.4, -0.2) is 53.9 Å². The Labute approximate surface area is 95.9 Å². The number of amides is 1. The number of likely N-dealkylation sites (tertiary alicyclic amines) is 1. The maximum absolute atomic E-state index is 12.1. The van der Waals surface area contributed by atoms with Gasteiger partial charge in [-0.1, -0.05) is 0 Å². The first-order valence-electron chi connectivity index (χ1n) is 5.54. The van der Waals surface area contributed by atoms with E-state index in [-0.39, 0.29) is 5.91 Å². The zero-order chi connectivity index (χ0) is 11.5. The molecule has 1 unspecified atom stereocenters. The van der Waals surface area contributed by atoms with Crippen molar-refractivity contribution in [1.82, 2.24) is 14.8 Å². The van der Waals surface area contributed by atoms with Gasteiger partial charge >= 0.3 is 0 Å². The molecule has 2 rings (SSSR count). The second-order valence-electron chi connectivity index (χ2n) is 4.39. The van der Waals surface area contributed by atoms with E-state index in [0.717, 1.165) is 25.1 Å². The van der Waals surface area contributed by atoms with E-state index in [4.69, 9.17) is 0 Å². The van der Waals surface area contributed by atoms with E-state index in [9.17, 15) is 4.79 Å². The van der Waals surface area contributed by atoms with E-state index in [1.165, 1.54) is 0 Å². The number of hydrogen-bond donors (Lipinski definition) is 0. The maximum atomic E-state index is 12.1. The first-order chi connectivity index (χ1) is 7.68. The molecule has 0 spiro atoms. The fraction of sp³-hybridized carbons (Fsp3) is 0.500. The molecule has 1 amide bonds. The molecule has 0 radical (unpaired) electrons. The van der Waals surface area contributed by atoms with Crippen LogP contribution in [0, 0.1) is 0 Å². The molecular formula is C12H17N3O. The van der Waals surface area contributed by atoms with Crippen LogP contribution in [0.3, 0.4) is 0 Å². The summed E-state index contributed by atoms with van der Waals surface area (Å²) in [6.45, 7) is 1.68. The average molecular weight is 219 g/mol. The third-order valence-electron chi connectivity index (χ3n) is 3.11. The summed E-state index contributed by atoms with van der Waals surface area (Å²) in [5.74, 6) is 0.117. The normalized spacial score (nSPS) is 20.4. The van der Waals surface area contributed by atoms with Crippen molar-refractivity contribution in [1.29, 1.82) is 0 Å². The van der Waals surface area contributed by atoms with E-state index >= 15 is 0 Å². The van der Waals surface area contributed by atoms with Crippen molar-refractivity contribution in [3.05, 3.63) is 30.1 Å². The van der Waals surface area contributed by atoms with Gasteiger partial charge < -0.3 is 9.80 Å². The smallest absolute Gasteiger partial charge is 0.254 e. The molecule has 0 aromatic carbocycles. The Morgan fingerprint density at radius 2 is 2.12 bits per heavy atom. The second kappa shape index (κ2) is 4.61. The van der Waals surface area contributed by atoms with Crippen molar-refractivity contribution in [3.8, 4) is 0 Å². The molecule has 0 aliphatic carbocycles. The number of carbonyl (C=O) groups is 1. The van der Waals surface area contributed by atoms with Crippen LogP contribution >= 0.6 is 0 Å². The number of aromatic nitrogens is 1. The highest BCUT2D eigenvalue weighted by molar-refractivity contribution is 5.94. The van der Waals surface area contributed by atoms with E-state index < -0.39 is 0 Å². The molecule has 1 saturated heterocycles. The van der Waals surface area contributed by atoms with E-state index in [1.54, 1.807) is 24.5 Å². The van der Waals surface area contributed by atoms with Crippen LogP contribution in [-0.2, 0) is 0 Å². The van der Waals surface area contributed by atoms with E-state index in [1.807, 2.05) is 4.90 Å². The fourth-order valence-corrected chi connectivity index (χ4v) is 2.02. The minimum absolute atomic E-state index is 0.117. The van der Waals surface area contributed by atoms with E-state index in [0.29, 0.717) is 6.04 Å². The average Bonchev–Trinajstić information content (AvgIpc) is 2.78. The Kier molecular flexibility index (Phi) is 3.19. The van der Waals surface area contributed by atoms with Gasteiger partial charge in [-0.3, -0.25) is 9.78 Å². The van der Waals surface area contributed by atoms with Gasteiger partial charge in [-0.2, -0.15) is 0 Å². The van der Waals surface area contributed by atoms with Crippen molar-refractivity contribution < 1.29 is 4.79 Å². The number of nitrogens with zero attached hydrogens (tertiary/aromatic N) is 3. The van der Waals surface area contributed by atoms with Crippen molar-refractivity contribution in [2.75, 3.05) is 27.2 Å². The van der Waals surface area contributed by atoms with Crippen LogP contribution < -0.4 is 0 Å².